The number of aromatic amines is 1. The van der Waals surface area contributed by atoms with Gasteiger partial charge in [-0.2, -0.15) is 5.10 Å². The molecule has 2 aromatic heterocycles. The molecule has 20 heavy (non-hydrogen) atoms. The standard InChI is InChI=1S/C12H16N6OS/c1-7-10(11(20-4)16-8(2)15-7)12(19)18(3)5-9-13-6-14-17-9/h6H,5H2,1-4H3,(H,13,14,17). The van der Waals surface area contributed by atoms with Gasteiger partial charge in [0.05, 0.1) is 17.8 Å². The van der Waals surface area contributed by atoms with Crippen LogP contribution >= 0.6 is 11.8 Å². The highest BCUT2D eigenvalue weighted by Crippen LogP contribution is 2.22. The van der Waals surface area contributed by atoms with Crippen molar-refractivity contribution >= 4 is 17.7 Å². The first-order chi connectivity index (χ1) is 9.52. The number of hydrogen-bond acceptors (Lipinski definition) is 6. The summed E-state index contributed by atoms with van der Waals surface area (Å²) in [7, 11) is 1.72. The Labute approximate surface area is 121 Å². The van der Waals surface area contributed by atoms with E-state index in [-0.39, 0.29) is 5.91 Å². The Bertz CT molecular complexity index is 613. The molecule has 7 nitrogen and oxygen atoms in total. The Kier molecular flexibility index (Phi) is 4.33. The monoisotopic (exact) mass is 292 g/mol. The van der Waals surface area contributed by atoms with Crippen LogP contribution in [-0.2, 0) is 6.54 Å². The average Bonchev–Trinajstić information content (AvgIpc) is 2.89. The summed E-state index contributed by atoms with van der Waals surface area (Å²) in [6.45, 7) is 4.00. The molecule has 0 atom stereocenters. The average molecular weight is 292 g/mol. The molecule has 0 bridgehead atoms. The van der Waals surface area contributed by atoms with E-state index in [2.05, 4.69) is 25.1 Å². The Morgan fingerprint density at radius 2 is 2.15 bits per heavy atom. The molecule has 0 radical (unpaired) electrons. The number of rotatable bonds is 4. The number of carbonyl (C=O) groups excluding carboxylic acids is 1. The lowest BCUT2D eigenvalue weighted by atomic mass is 10.2. The van der Waals surface area contributed by atoms with Crippen molar-refractivity contribution in [1.29, 1.82) is 0 Å². The molecule has 0 saturated heterocycles. The van der Waals surface area contributed by atoms with Crippen LogP contribution in [0.25, 0.3) is 0 Å². The van der Waals surface area contributed by atoms with Gasteiger partial charge in [-0.3, -0.25) is 9.89 Å². The summed E-state index contributed by atoms with van der Waals surface area (Å²) in [6.07, 6.45) is 3.32. The van der Waals surface area contributed by atoms with Crippen molar-refractivity contribution < 1.29 is 4.79 Å². The minimum atomic E-state index is -0.122. The number of aryl methyl sites for hydroxylation is 2. The van der Waals surface area contributed by atoms with Gasteiger partial charge in [0, 0.05) is 7.05 Å². The lowest BCUT2D eigenvalue weighted by molar-refractivity contribution is 0.0776. The first-order valence-corrected chi connectivity index (χ1v) is 7.24. The van der Waals surface area contributed by atoms with E-state index in [1.165, 1.54) is 18.1 Å². The molecule has 2 aromatic rings. The zero-order valence-corrected chi connectivity index (χ0v) is 12.7. The van der Waals surface area contributed by atoms with Crippen LogP contribution in [0.5, 0.6) is 0 Å². The molecule has 106 valence electrons. The van der Waals surface area contributed by atoms with Crippen LogP contribution in [0.2, 0.25) is 0 Å². The van der Waals surface area contributed by atoms with Crippen LogP contribution in [0.15, 0.2) is 11.4 Å². The van der Waals surface area contributed by atoms with E-state index < -0.39 is 0 Å². The summed E-state index contributed by atoms with van der Waals surface area (Å²) in [6, 6.07) is 0. The summed E-state index contributed by atoms with van der Waals surface area (Å²) in [5.41, 5.74) is 1.24. The third-order valence-corrected chi connectivity index (χ3v) is 3.46. The van der Waals surface area contributed by atoms with Crippen LogP contribution < -0.4 is 0 Å². The van der Waals surface area contributed by atoms with Gasteiger partial charge in [-0.05, 0) is 20.1 Å². The van der Waals surface area contributed by atoms with Crippen LogP contribution in [0, 0.1) is 13.8 Å². The SMILES string of the molecule is CSc1nc(C)nc(C)c1C(=O)N(C)Cc1ncn[nH]1. The Morgan fingerprint density at radius 3 is 2.75 bits per heavy atom. The first kappa shape index (κ1) is 14.4. The summed E-state index contributed by atoms with van der Waals surface area (Å²) in [4.78, 5) is 26.7. The molecule has 2 heterocycles. The first-order valence-electron chi connectivity index (χ1n) is 6.02. The third-order valence-electron chi connectivity index (χ3n) is 2.77. The molecule has 1 amide bonds. The highest BCUT2D eigenvalue weighted by molar-refractivity contribution is 7.98. The molecular formula is C12H16N6OS. The van der Waals surface area contributed by atoms with E-state index in [0.29, 0.717) is 34.5 Å². The zero-order valence-electron chi connectivity index (χ0n) is 11.8. The van der Waals surface area contributed by atoms with Gasteiger partial charge in [0.1, 0.15) is 23.0 Å². The Hall–Kier alpha value is -1.96. The van der Waals surface area contributed by atoms with Crippen molar-refractivity contribution in [3.05, 3.63) is 29.2 Å². The molecule has 2 rings (SSSR count). The second-order valence-corrected chi connectivity index (χ2v) is 5.13. The van der Waals surface area contributed by atoms with Gasteiger partial charge in [0.2, 0.25) is 0 Å². The molecule has 0 unspecified atom stereocenters. The van der Waals surface area contributed by atoms with Crippen LogP contribution in [0.1, 0.15) is 27.7 Å². The quantitative estimate of drug-likeness (QED) is 0.673. The molecule has 0 fully saturated rings. The van der Waals surface area contributed by atoms with Gasteiger partial charge in [0.15, 0.2) is 0 Å². The Balaban J connectivity index is 2.28. The highest BCUT2D eigenvalue weighted by Gasteiger charge is 2.21. The maximum atomic E-state index is 12.6. The van der Waals surface area contributed by atoms with Gasteiger partial charge in [-0.1, -0.05) is 0 Å². The van der Waals surface area contributed by atoms with E-state index in [9.17, 15) is 4.79 Å². The zero-order chi connectivity index (χ0) is 14.7. The van der Waals surface area contributed by atoms with E-state index in [1.807, 2.05) is 20.1 Å². The fourth-order valence-corrected chi connectivity index (χ4v) is 2.53. The maximum absolute atomic E-state index is 12.6. The minimum absolute atomic E-state index is 0.122. The van der Waals surface area contributed by atoms with E-state index in [4.69, 9.17) is 0 Å². The van der Waals surface area contributed by atoms with Gasteiger partial charge < -0.3 is 4.90 Å². The molecule has 1 N–H and O–H groups in total. The lowest BCUT2D eigenvalue weighted by Crippen LogP contribution is -2.28. The van der Waals surface area contributed by atoms with Crippen molar-refractivity contribution in [3.8, 4) is 0 Å². The predicted molar refractivity (Wildman–Crippen MR) is 75.5 cm³/mol. The number of nitrogens with zero attached hydrogens (tertiary/aromatic N) is 5. The second kappa shape index (κ2) is 6.00. The van der Waals surface area contributed by atoms with Crippen molar-refractivity contribution in [1.82, 2.24) is 30.0 Å². The molecule has 0 aliphatic carbocycles. The fraction of sp³-hybridized carbons (Fsp3) is 0.417. The number of carbonyl (C=O) groups is 1. The topological polar surface area (TPSA) is 87.7 Å². The van der Waals surface area contributed by atoms with E-state index >= 15 is 0 Å². The maximum Gasteiger partial charge on any atom is 0.258 e. The van der Waals surface area contributed by atoms with Crippen LogP contribution in [-0.4, -0.2) is 49.3 Å². The van der Waals surface area contributed by atoms with Crippen molar-refractivity contribution in [2.75, 3.05) is 13.3 Å². The fourth-order valence-electron chi connectivity index (χ4n) is 1.87. The van der Waals surface area contributed by atoms with Crippen LogP contribution in [0.3, 0.4) is 0 Å². The normalized spacial score (nSPS) is 10.6. The van der Waals surface area contributed by atoms with Crippen molar-refractivity contribution in [2.24, 2.45) is 0 Å². The molecule has 0 aliphatic rings. The van der Waals surface area contributed by atoms with Gasteiger partial charge in [0.25, 0.3) is 5.91 Å². The largest absolute Gasteiger partial charge is 0.334 e. The third kappa shape index (κ3) is 2.96. The number of amides is 1. The van der Waals surface area contributed by atoms with Gasteiger partial charge in [-0.25, -0.2) is 15.0 Å². The smallest absolute Gasteiger partial charge is 0.258 e. The second-order valence-electron chi connectivity index (χ2n) is 4.33. The number of hydrogen-bond donors (Lipinski definition) is 1. The minimum Gasteiger partial charge on any atom is -0.334 e. The Morgan fingerprint density at radius 1 is 1.40 bits per heavy atom. The molecule has 0 aliphatic heterocycles. The summed E-state index contributed by atoms with van der Waals surface area (Å²) >= 11 is 1.44. The molecule has 0 spiro atoms. The van der Waals surface area contributed by atoms with E-state index in [0.717, 1.165) is 0 Å². The number of aromatic nitrogens is 5. The number of H-pyrrole nitrogens is 1. The van der Waals surface area contributed by atoms with Crippen molar-refractivity contribution in [3.63, 3.8) is 0 Å². The van der Waals surface area contributed by atoms with E-state index in [1.54, 1.807) is 11.9 Å². The molecule has 0 aromatic carbocycles. The molecule has 0 saturated carbocycles. The number of nitrogens with one attached hydrogen (secondary N) is 1. The summed E-state index contributed by atoms with van der Waals surface area (Å²) in [5, 5.41) is 7.20. The predicted octanol–water partition coefficient (Wildman–Crippen LogP) is 1.21. The molecular weight excluding hydrogens is 276 g/mol. The molecule has 8 heteroatoms. The van der Waals surface area contributed by atoms with Crippen LogP contribution in [0.4, 0.5) is 0 Å². The van der Waals surface area contributed by atoms with Gasteiger partial charge >= 0.3 is 0 Å². The summed E-state index contributed by atoms with van der Waals surface area (Å²) in [5.74, 6) is 1.18. The van der Waals surface area contributed by atoms with Gasteiger partial charge in [-0.15, -0.1) is 11.8 Å². The summed E-state index contributed by atoms with van der Waals surface area (Å²) < 4.78 is 0. The lowest BCUT2D eigenvalue weighted by Gasteiger charge is -2.18. The number of thioether (sulfide) groups is 1. The highest BCUT2D eigenvalue weighted by atomic mass is 32.2. The van der Waals surface area contributed by atoms with Crippen molar-refractivity contribution in [2.45, 2.75) is 25.4 Å².